The van der Waals surface area contributed by atoms with Crippen LogP contribution in [0.2, 0.25) is 0 Å². The maximum atomic E-state index is 12.5. The van der Waals surface area contributed by atoms with Crippen molar-refractivity contribution >= 4 is 6.09 Å². The fourth-order valence-electron chi connectivity index (χ4n) is 3.35. The molecule has 0 unspecified atom stereocenters. The third-order valence-electron chi connectivity index (χ3n) is 4.50. The second kappa shape index (κ2) is 5.72. The van der Waals surface area contributed by atoms with Crippen LogP contribution < -0.4 is 0 Å². The molecule has 6 heteroatoms. The van der Waals surface area contributed by atoms with Crippen LogP contribution in [0.3, 0.4) is 0 Å². The molecule has 130 valence electrons. The molecule has 0 bridgehead atoms. The van der Waals surface area contributed by atoms with E-state index in [1.54, 1.807) is 4.90 Å². The van der Waals surface area contributed by atoms with E-state index in [1.807, 2.05) is 51.1 Å². The molecule has 3 fully saturated rings. The van der Waals surface area contributed by atoms with Crippen molar-refractivity contribution in [1.29, 1.82) is 0 Å². The maximum Gasteiger partial charge on any atom is 0.410 e. The van der Waals surface area contributed by atoms with Crippen molar-refractivity contribution in [1.82, 2.24) is 4.90 Å². The van der Waals surface area contributed by atoms with Gasteiger partial charge in [0.25, 0.3) is 0 Å². The molecule has 6 nitrogen and oxygen atoms in total. The standard InChI is InChI=1S/C18H23NO5/c1-18(2,3)24-17(20)19-9-13-15(22-13)14-12(19)10-21-16(23-14)11-7-5-4-6-8-11/h4-8,12-16H,9-10H2,1-3H3/t12-,13+,14-,15+,16-/m1/s1. The summed E-state index contributed by atoms with van der Waals surface area (Å²) in [6, 6.07) is 9.65. The van der Waals surface area contributed by atoms with Gasteiger partial charge in [0.15, 0.2) is 6.29 Å². The van der Waals surface area contributed by atoms with Gasteiger partial charge in [-0.25, -0.2) is 4.79 Å². The predicted octanol–water partition coefficient (Wildman–Crippen LogP) is 2.49. The lowest BCUT2D eigenvalue weighted by atomic mass is 9.98. The molecule has 3 saturated heterocycles. The van der Waals surface area contributed by atoms with Gasteiger partial charge in [0.2, 0.25) is 0 Å². The number of carbonyl (C=O) groups is 1. The number of hydrogen-bond acceptors (Lipinski definition) is 5. The number of amides is 1. The van der Waals surface area contributed by atoms with Crippen LogP contribution in [-0.2, 0) is 18.9 Å². The Morgan fingerprint density at radius 1 is 1.17 bits per heavy atom. The zero-order valence-electron chi connectivity index (χ0n) is 14.2. The Kier molecular flexibility index (Phi) is 3.78. The van der Waals surface area contributed by atoms with Gasteiger partial charge in [-0.05, 0) is 20.8 Å². The summed E-state index contributed by atoms with van der Waals surface area (Å²) in [5, 5.41) is 0. The molecule has 0 aromatic heterocycles. The van der Waals surface area contributed by atoms with Crippen LogP contribution in [-0.4, -0.2) is 54.1 Å². The minimum absolute atomic E-state index is 0.0355. The maximum absolute atomic E-state index is 12.5. The van der Waals surface area contributed by atoms with Crippen molar-refractivity contribution in [3.63, 3.8) is 0 Å². The number of ether oxygens (including phenoxy) is 4. The molecule has 0 aliphatic carbocycles. The monoisotopic (exact) mass is 333 g/mol. The van der Waals surface area contributed by atoms with E-state index in [4.69, 9.17) is 18.9 Å². The van der Waals surface area contributed by atoms with E-state index in [2.05, 4.69) is 0 Å². The van der Waals surface area contributed by atoms with Crippen molar-refractivity contribution in [3.8, 4) is 0 Å². The van der Waals surface area contributed by atoms with Crippen LogP contribution in [0.4, 0.5) is 4.79 Å². The third-order valence-corrected chi connectivity index (χ3v) is 4.50. The van der Waals surface area contributed by atoms with Gasteiger partial charge < -0.3 is 18.9 Å². The van der Waals surface area contributed by atoms with Crippen LogP contribution in [0.25, 0.3) is 0 Å². The molecule has 5 atom stereocenters. The van der Waals surface area contributed by atoms with E-state index in [0.29, 0.717) is 13.2 Å². The van der Waals surface area contributed by atoms with Crippen LogP contribution in [0.5, 0.6) is 0 Å². The van der Waals surface area contributed by atoms with Crippen LogP contribution in [0.15, 0.2) is 30.3 Å². The topological polar surface area (TPSA) is 60.5 Å². The number of piperidine rings is 1. The number of rotatable bonds is 1. The number of hydrogen-bond donors (Lipinski definition) is 0. The number of nitrogens with zero attached hydrogens (tertiary/aromatic N) is 1. The molecule has 1 aromatic carbocycles. The molecule has 0 saturated carbocycles. The minimum atomic E-state index is -0.531. The highest BCUT2D eigenvalue weighted by molar-refractivity contribution is 5.69. The highest BCUT2D eigenvalue weighted by Crippen LogP contribution is 2.42. The summed E-state index contributed by atoms with van der Waals surface area (Å²) >= 11 is 0. The molecular formula is C18H23NO5. The lowest BCUT2D eigenvalue weighted by molar-refractivity contribution is -0.248. The first kappa shape index (κ1) is 15.9. The number of benzene rings is 1. The van der Waals surface area contributed by atoms with Crippen molar-refractivity contribution in [2.45, 2.75) is 57.0 Å². The molecule has 3 heterocycles. The Morgan fingerprint density at radius 3 is 2.62 bits per heavy atom. The van der Waals surface area contributed by atoms with Crippen molar-refractivity contribution in [3.05, 3.63) is 35.9 Å². The normalized spacial score (nSPS) is 35.0. The van der Waals surface area contributed by atoms with E-state index in [0.717, 1.165) is 5.56 Å². The number of fused-ring (bicyclic) bond motifs is 3. The minimum Gasteiger partial charge on any atom is -0.444 e. The second-order valence-corrected chi connectivity index (χ2v) is 7.52. The highest BCUT2D eigenvalue weighted by Gasteiger charge is 2.59. The third kappa shape index (κ3) is 3.01. The first-order valence-corrected chi connectivity index (χ1v) is 8.39. The molecule has 1 aromatic rings. The van der Waals surface area contributed by atoms with Gasteiger partial charge in [-0.15, -0.1) is 0 Å². The lowest BCUT2D eigenvalue weighted by Gasteiger charge is -2.44. The Bertz CT molecular complexity index is 614. The summed E-state index contributed by atoms with van der Waals surface area (Å²) in [7, 11) is 0. The quantitative estimate of drug-likeness (QED) is 0.739. The van der Waals surface area contributed by atoms with E-state index >= 15 is 0 Å². The van der Waals surface area contributed by atoms with Crippen molar-refractivity contribution in [2.24, 2.45) is 0 Å². The Labute approximate surface area is 141 Å². The molecule has 4 rings (SSSR count). The first-order valence-electron chi connectivity index (χ1n) is 8.39. The molecule has 0 radical (unpaired) electrons. The average Bonchev–Trinajstić information content (AvgIpc) is 3.32. The summed E-state index contributed by atoms with van der Waals surface area (Å²) in [5.74, 6) is 0. The Morgan fingerprint density at radius 2 is 1.92 bits per heavy atom. The van der Waals surface area contributed by atoms with Crippen LogP contribution in [0.1, 0.15) is 32.6 Å². The van der Waals surface area contributed by atoms with Gasteiger partial charge in [-0.2, -0.15) is 0 Å². The van der Waals surface area contributed by atoms with Crippen molar-refractivity contribution < 1.29 is 23.7 Å². The van der Waals surface area contributed by atoms with E-state index in [9.17, 15) is 4.79 Å². The van der Waals surface area contributed by atoms with Gasteiger partial charge in [-0.3, -0.25) is 4.90 Å². The van der Waals surface area contributed by atoms with E-state index in [1.165, 1.54) is 0 Å². The fourth-order valence-corrected chi connectivity index (χ4v) is 3.35. The number of carbonyl (C=O) groups excluding carboxylic acids is 1. The summed E-state index contributed by atoms with van der Waals surface area (Å²) in [6.07, 6.45) is -0.861. The smallest absolute Gasteiger partial charge is 0.410 e. The van der Waals surface area contributed by atoms with Crippen molar-refractivity contribution in [2.75, 3.05) is 13.2 Å². The molecule has 24 heavy (non-hydrogen) atoms. The molecule has 0 spiro atoms. The number of epoxide rings is 1. The zero-order chi connectivity index (χ0) is 16.9. The van der Waals surface area contributed by atoms with Gasteiger partial charge in [0.1, 0.15) is 23.9 Å². The number of likely N-dealkylation sites (tertiary alicyclic amines) is 1. The largest absolute Gasteiger partial charge is 0.444 e. The Balaban J connectivity index is 1.50. The summed E-state index contributed by atoms with van der Waals surface area (Å²) in [5.41, 5.74) is 0.444. The molecule has 3 aliphatic heterocycles. The van der Waals surface area contributed by atoms with Crippen LogP contribution >= 0.6 is 0 Å². The summed E-state index contributed by atoms with van der Waals surface area (Å²) in [4.78, 5) is 14.2. The van der Waals surface area contributed by atoms with Gasteiger partial charge in [0, 0.05) is 5.56 Å². The van der Waals surface area contributed by atoms with Gasteiger partial charge in [-0.1, -0.05) is 30.3 Å². The highest BCUT2D eigenvalue weighted by atomic mass is 16.7. The predicted molar refractivity (Wildman–Crippen MR) is 85.4 cm³/mol. The van der Waals surface area contributed by atoms with Gasteiger partial charge in [0.05, 0.1) is 19.2 Å². The van der Waals surface area contributed by atoms with E-state index < -0.39 is 11.9 Å². The van der Waals surface area contributed by atoms with Crippen LogP contribution in [0, 0.1) is 0 Å². The SMILES string of the molecule is CC(C)(C)OC(=O)N1C[C@@H]2O[C@@H]2[C@@H]2O[C@H](c3ccccc3)OC[C@H]21. The summed E-state index contributed by atoms with van der Waals surface area (Å²) < 4.78 is 23.3. The molecule has 3 aliphatic rings. The molecule has 0 N–H and O–H groups in total. The fraction of sp³-hybridized carbons (Fsp3) is 0.611. The van der Waals surface area contributed by atoms with Gasteiger partial charge >= 0.3 is 6.09 Å². The Hall–Kier alpha value is -1.63. The molecular weight excluding hydrogens is 310 g/mol. The van der Waals surface area contributed by atoms with E-state index in [-0.39, 0.29) is 30.4 Å². The summed E-state index contributed by atoms with van der Waals surface area (Å²) in [6.45, 7) is 6.53. The average molecular weight is 333 g/mol. The lowest BCUT2D eigenvalue weighted by Crippen LogP contribution is -2.60. The molecule has 1 amide bonds. The first-order chi connectivity index (χ1) is 11.4. The second-order valence-electron chi connectivity index (χ2n) is 7.52. The zero-order valence-corrected chi connectivity index (χ0v) is 14.2.